The minimum absolute atomic E-state index is 0.0182. The van der Waals surface area contributed by atoms with Crippen molar-refractivity contribution in [3.63, 3.8) is 0 Å². The summed E-state index contributed by atoms with van der Waals surface area (Å²) < 4.78 is 64.3. The van der Waals surface area contributed by atoms with Gasteiger partial charge in [0.05, 0.1) is 44.1 Å². The number of rotatable bonds is 5. The van der Waals surface area contributed by atoms with Crippen molar-refractivity contribution in [3.05, 3.63) is 64.3 Å². The fourth-order valence-electron chi connectivity index (χ4n) is 5.36. The first-order valence-corrected chi connectivity index (χ1v) is 12.6. The minimum Gasteiger partial charge on any atom is -0.380 e. The highest BCUT2D eigenvalue weighted by molar-refractivity contribution is 6.30. The molecule has 0 unspecified atom stereocenters. The van der Waals surface area contributed by atoms with Crippen LogP contribution in [0.15, 0.2) is 30.5 Å². The summed E-state index contributed by atoms with van der Waals surface area (Å²) in [4.78, 5) is 7.41. The van der Waals surface area contributed by atoms with Crippen molar-refractivity contribution in [1.82, 2.24) is 24.6 Å². The van der Waals surface area contributed by atoms with Crippen molar-refractivity contribution in [2.45, 2.75) is 37.8 Å². The number of piperidine rings is 1. The average Bonchev–Trinajstić information content (AvgIpc) is 3.14. The van der Waals surface area contributed by atoms with Crippen LogP contribution in [0.1, 0.15) is 36.0 Å². The Balaban J connectivity index is 1.27. The highest BCUT2D eigenvalue weighted by Gasteiger charge is 2.46. The highest BCUT2D eigenvalue weighted by atomic mass is 35.5. The molecule has 0 spiro atoms. The molecule has 2 saturated heterocycles. The van der Waals surface area contributed by atoms with Gasteiger partial charge in [0.15, 0.2) is 17.5 Å². The summed E-state index contributed by atoms with van der Waals surface area (Å²) in [5, 5.41) is 9.43. The van der Waals surface area contributed by atoms with Gasteiger partial charge < -0.3 is 9.64 Å². The molecule has 7 nitrogen and oxygen atoms in total. The summed E-state index contributed by atoms with van der Waals surface area (Å²) in [7, 11) is 0. The third kappa shape index (κ3) is 4.68. The van der Waals surface area contributed by atoms with Crippen LogP contribution in [0.3, 0.4) is 0 Å². The van der Waals surface area contributed by atoms with Gasteiger partial charge in [-0.2, -0.15) is 0 Å². The Bertz CT molecular complexity index is 1310. The highest BCUT2D eigenvalue weighted by Crippen LogP contribution is 2.37. The van der Waals surface area contributed by atoms with E-state index in [1.807, 2.05) is 10.6 Å². The first-order chi connectivity index (χ1) is 17.8. The SMILES string of the molecule is Fc1cnc(N2CCC(c3nnc4n3-c3ccc(Cl)cc3CN(CC(F)(F)C3COC3)C4)CC2)c(F)c1. The zero-order valence-electron chi connectivity index (χ0n) is 19.9. The number of halogens is 5. The van der Waals surface area contributed by atoms with Gasteiger partial charge in [-0.05, 0) is 36.6 Å². The first-order valence-electron chi connectivity index (χ1n) is 12.3. The molecule has 0 aliphatic carbocycles. The molecule has 37 heavy (non-hydrogen) atoms. The van der Waals surface area contributed by atoms with Crippen LogP contribution in [0.4, 0.5) is 23.4 Å². The molecule has 3 aliphatic rings. The summed E-state index contributed by atoms with van der Waals surface area (Å²) >= 11 is 6.29. The van der Waals surface area contributed by atoms with Gasteiger partial charge in [-0.1, -0.05) is 11.6 Å². The average molecular weight is 537 g/mol. The van der Waals surface area contributed by atoms with Crippen molar-refractivity contribution in [3.8, 4) is 5.69 Å². The second-order valence-electron chi connectivity index (χ2n) is 9.94. The van der Waals surface area contributed by atoms with Crippen molar-refractivity contribution >= 4 is 17.4 Å². The van der Waals surface area contributed by atoms with E-state index in [2.05, 4.69) is 15.2 Å². The van der Waals surface area contributed by atoms with E-state index >= 15 is 0 Å². The van der Waals surface area contributed by atoms with E-state index in [0.29, 0.717) is 43.3 Å². The largest absolute Gasteiger partial charge is 0.380 e. The van der Waals surface area contributed by atoms with E-state index in [0.717, 1.165) is 29.3 Å². The number of ether oxygens (including phenoxy) is 1. The van der Waals surface area contributed by atoms with Crippen LogP contribution >= 0.6 is 11.6 Å². The van der Waals surface area contributed by atoms with Gasteiger partial charge in [0, 0.05) is 36.6 Å². The van der Waals surface area contributed by atoms with E-state index in [1.54, 1.807) is 21.9 Å². The van der Waals surface area contributed by atoms with E-state index in [4.69, 9.17) is 16.3 Å². The molecule has 0 N–H and O–H groups in total. The van der Waals surface area contributed by atoms with Gasteiger partial charge in [-0.25, -0.2) is 22.5 Å². The van der Waals surface area contributed by atoms with Crippen LogP contribution in [0.2, 0.25) is 5.02 Å². The number of hydrogen-bond donors (Lipinski definition) is 0. The number of benzene rings is 1. The molecule has 2 aromatic heterocycles. The number of alkyl halides is 2. The minimum atomic E-state index is -2.88. The molecular weight excluding hydrogens is 512 g/mol. The maximum Gasteiger partial charge on any atom is 0.267 e. The van der Waals surface area contributed by atoms with Gasteiger partial charge in [0.2, 0.25) is 0 Å². The molecule has 0 amide bonds. The van der Waals surface area contributed by atoms with E-state index < -0.39 is 30.0 Å². The monoisotopic (exact) mass is 536 g/mol. The van der Waals surface area contributed by atoms with Gasteiger partial charge in [-0.3, -0.25) is 9.47 Å². The van der Waals surface area contributed by atoms with Crippen LogP contribution in [-0.4, -0.2) is 63.4 Å². The van der Waals surface area contributed by atoms with Crippen LogP contribution in [0.25, 0.3) is 5.69 Å². The molecular formula is C25H25ClF4N6O. The Morgan fingerprint density at radius 1 is 1.05 bits per heavy atom. The Morgan fingerprint density at radius 2 is 1.84 bits per heavy atom. The maximum absolute atomic E-state index is 14.9. The van der Waals surface area contributed by atoms with Gasteiger partial charge in [0.1, 0.15) is 11.6 Å². The molecule has 12 heteroatoms. The molecule has 2 fully saturated rings. The molecule has 3 aliphatic heterocycles. The maximum atomic E-state index is 14.9. The fourth-order valence-corrected chi connectivity index (χ4v) is 5.56. The molecule has 196 valence electrons. The first kappa shape index (κ1) is 24.6. The normalized spacial score (nSPS) is 19.3. The second-order valence-corrected chi connectivity index (χ2v) is 10.4. The molecule has 1 aromatic carbocycles. The summed E-state index contributed by atoms with van der Waals surface area (Å²) in [6, 6.07) is 6.29. The van der Waals surface area contributed by atoms with Gasteiger partial charge >= 0.3 is 0 Å². The van der Waals surface area contributed by atoms with Crippen LogP contribution in [0, 0.1) is 17.6 Å². The second kappa shape index (κ2) is 9.52. The zero-order valence-corrected chi connectivity index (χ0v) is 20.6. The van der Waals surface area contributed by atoms with Gasteiger partial charge in [0.25, 0.3) is 5.92 Å². The molecule has 5 heterocycles. The third-order valence-electron chi connectivity index (χ3n) is 7.41. The predicted molar refractivity (Wildman–Crippen MR) is 128 cm³/mol. The summed E-state index contributed by atoms with van der Waals surface area (Å²) in [5.74, 6) is -3.59. The number of pyridine rings is 1. The summed E-state index contributed by atoms with van der Waals surface area (Å²) in [5.41, 5.74) is 1.65. The zero-order chi connectivity index (χ0) is 25.7. The lowest BCUT2D eigenvalue weighted by atomic mass is 9.95. The number of anilines is 1. The number of fused-ring (bicyclic) bond motifs is 3. The van der Waals surface area contributed by atoms with Crippen molar-refractivity contribution in [2.75, 3.05) is 37.7 Å². The number of nitrogens with zero attached hydrogens (tertiary/aromatic N) is 6. The van der Waals surface area contributed by atoms with Crippen molar-refractivity contribution in [1.29, 1.82) is 0 Å². The summed E-state index contributed by atoms with van der Waals surface area (Å²) in [6.07, 6.45) is 2.32. The molecule has 0 atom stereocenters. The molecule has 0 bridgehead atoms. The van der Waals surface area contributed by atoms with Crippen LogP contribution in [-0.2, 0) is 17.8 Å². The quantitative estimate of drug-likeness (QED) is 0.445. The fraction of sp³-hybridized carbons (Fsp3) is 0.480. The van der Waals surface area contributed by atoms with Gasteiger partial charge in [-0.15, -0.1) is 10.2 Å². The summed E-state index contributed by atoms with van der Waals surface area (Å²) in [6.45, 7) is 1.26. The van der Waals surface area contributed by atoms with E-state index in [9.17, 15) is 17.6 Å². The smallest absolute Gasteiger partial charge is 0.267 e. The number of aromatic nitrogens is 4. The van der Waals surface area contributed by atoms with E-state index in [1.165, 1.54) is 0 Å². The van der Waals surface area contributed by atoms with Crippen LogP contribution < -0.4 is 4.90 Å². The number of hydrogen-bond acceptors (Lipinski definition) is 6. The lowest BCUT2D eigenvalue weighted by Crippen LogP contribution is -2.49. The molecule has 6 rings (SSSR count). The Morgan fingerprint density at radius 3 is 2.54 bits per heavy atom. The lowest BCUT2D eigenvalue weighted by Gasteiger charge is -2.36. The van der Waals surface area contributed by atoms with Crippen molar-refractivity contribution in [2.24, 2.45) is 5.92 Å². The predicted octanol–water partition coefficient (Wildman–Crippen LogP) is 4.58. The van der Waals surface area contributed by atoms with Crippen LogP contribution in [0.5, 0.6) is 0 Å². The van der Waals surface area contributed by atoms with Crippen molar-refractivity contribution < 1.29 is 22.3 Å². The Hall–Kier alpha value is -2.76. The molecule has 0 radical (unpaired) electrons. The lowest BCUT2D eigenvalue weighted by molar-refractivity contribution is -0.179. The standard InChI is InChI=1S/C25H25ClF4N6O/c26-18-1-2-21-16(7-18)10-34(14-25(29,30)17-12-37-13-17)11-22-32-33-23(36(21)22)15-3-5-35(6-4-15)24-20(28)8-19(27)9-31-24/h1-2,7-9,15,17H,3-6,10-14H2. The molecule has 0 saturated carbocycles. The Labute approximate surface area is 216 Å². The topological polar surface area (TPSA) is 59.3 Å². The molecule has 3 aromatic rings. The Kier molecular flexibility index (Phi) is 6.32. The van der Waals surface area contributed by atoms with E-state index in [-0.39, 0.29) is 31.5 Å². The third-order valence-corrected chi connectivity index (χ3v) is 7.65.